The van der Waals surface area contributed by atoms with Gasteiger partial charge < -0.3 is 15.5 Å². The molecule has 0 aliphatic carbocycles. The number of alkyl halides is 3. The maximum absolute atomic E-state index is 12.3. The van der Waals surface area contributed by atoms with Crippen molar-refractivity contribution in [3.8, 4) is 0 Å². The van der Waals surface area contributed by atoms with E-state index in [0.717, 1.165) is 19.9 Å². The van der Waals surface area contributed by atoms with Crippen LogP contribution in [0.1, 0.15) is 47.5 Å². The second kappa shape index (κ2) is 11.8. The van der Waals surface area contributed by atoms with Crippen molar-refractivity contribution in [2.75, 3.05) is 26.7 Å². The van der Waals surface area contributed by atoms with Crippen molar-refractivity contribution in [3.05, 3.63) is 0 Å². The van der Waals surface area contributed by atoms with Gasteiger partial charge >= 0.3 is 6.18 Å². The summed E-state index contributed by atoms with van der Waals surface area (Å²) in [4.78, 5) is 16.5. The Kier molecular flexibility index (Phi) is 12.5. The molecule has 0 aromatic rings. The zero-order valence-electron chi connectivity index (χ0n) is 16.0. The fourth-order valence-electron chi connectivity index (χ4n) is 1.90. The molecule has 0 saturated carbocycles. The van der Waals surface area contributed by atoms with Gasteiger partial charge in [0.2, 0.25) is 5.91 Å². The van der Waals surface area contributed by atoms with Gasteiger partial charge in [-0.15, -0.1) is 24.0 Å². The van der Waals surface area contributed by atoms with Gasteiger partial charge in [-0.25, -0.2) is 4.99 Å². The van der Waals surface area contributed by atoms with E-state index in [-0.39, 0.29) is 42.0 Å². The van der Waals surface area contributed by atoms with E-state index in [2.05, 4.69) is 36.4 Å². The third-order valence-corrected chi connectivity index (χ3v) is 3.27. The molecular formula is C16H32F3IN4O. The van der Waals surface area contributed by atoms with Gasteiger partial charge in [0.05, 0.1) is 0 Å². The van der Waals surface area contributed by atoms with Crippen LogP contribution in [0.5, 0.6) is 0 Å². The van der Waals surface area contributed by atoms with Crippen molar-refractivity contribution in [1.29, 1.82) is 0 Å². The Morgan fingerprint density at radius 1 is 1.24 bits per heavy atom. The molecule has 0 bridgehead atoms. The molecule has 5 nitrogen and oxygen atoms in total. The van der Waals surface area contributed by atoms with Gasteiger partial charge in [-0.05, 0) is 32.1 Å². The zero-order chi connectivity index (χ0) is 19.0. The predicted molar refractivity (Wildman–Crippen MR) is 106 cm³/mol. The van der Waals surface area contributed by atoms with Crippen molar-refractivity contribution >= 4 is 35.8 Å². The summed E-state index contributed by atoms with van der Waals surface area (Å²) >= 11 is 0. The summed E-state index contributed by atoms with van der Waals surface area (Å²) in [6.07, 6.45) is -2.46. The van der Waals surface area contributed by atoms with E-state index in [0.29, 0.717) is 17.4 Å². The van der Waals surface area contributed by atoms with Crippen LogP contribution in [0.4, 0.5) is 13.2 Å². The molecule has 1 atom stereocenters. The van der Waals surface area contributed by atoms with E-state index in [1.807, 2.05) is 13.8 Å². The van der Waals surface area contributed by atoms with Gasteiger partial charge in [-0.2, -0.15) is 13.2 Å². The molecule has 0 aliphatic heterocycles. The second-order valence-corrected chi connectivity index (χ2v) is 7.20. The topological polar surface area (TPSA) is 56.7 Å². The molecule has 0 radical (unpaired) electrons. The fraction of sp³-hybridized carbons (Fsp3) is 0.875. The monoisotopic (exact) mass is 480 g/mol. The van der Waals surface area contributed by atoms with Gasteiger partial charge in [0, 0.05) is 19.6 Å². The van der Waals surface area contributed by atoms with E-state index in [4.69, 9.17) is 0 Å². The summed E-state index contributed by atoms with van der Waals surface area (Å²) in [7, 11) is 1.12. The number of likely N-dealkylation sites (N-methyl/N-ethyl adjacent to an activating group) is 1. The lowest BCUT2D eigenvalue weighted by molar-refractivity contribution is -0.157. The molecule has 0 spiro atoms. The van der Waals surface area contributed by atoms with E-state index >= 15 is 0 Å². The lowest BCUT2D eigenvalue weighted by atomic mass is 9.89. The highest BCUT2D eigenvalue weighted by atomic mass is 127. The summed E-state index contributed by atoms with van der Waals surface area (Å²) in [5, 5.41) is 6.18. The third-order valence-electron chi connectivity index (χ3n) is 3.27. The first-order chi connectivity index (χ1) is 10.8. The quantitative estimate of drug-likeness (QED) is 0.334. The SMILES string of the molecule is CCNC(=NCC(=O)N(C)CC(F)(F)F)NC(C)CCC(C)(C)C.I. The molecule has 2 N–H and O–H groups in total. The number of nitrogens with one attached hydrogen (secondary N) is 2. The van der Waals surface area contributed by atoms with Gasteiger partial charge in [0.15, 0.2) is 5.96 Å². The lowest BCUT2D eigenvalue weighted by Gasteiger charge is -2.23. The number of rotatable bonds is 7. The van der Waals surface area contributed by atoms with E-state index in [1.54, 1.807) is 0 Å². The normalized spacial score (nSPS) is 13.7. The zero-order valence-corrected chi connectivity index (χ0v) is 18.3. The molecule has 0 rings (SSSR count). The van der Waals surface area contributed by atoms with Gasteiger partial charge in [-0.3, -0.25) is 4.79 Å². The number of carbonyl (C=O) groups excluding carboxylic acids is 1. The molecule has 0 aliphatic rings. The predicted octanol–water partition coefficient (Wildman–Crippen LogP) is 3.40. The maximum Gasteiger partial charge on any atom is 0.406 e. The van der Waals surface area contributed by atoms with Gasteiger partial charge in [-0.1, -0.05) is 20.8 Å². The molecule has 25 heavy (non-hydrogen) atoms. The minimum atomic E-state index is -4.40. The Morgan fingerprint density at radius 3 is 2.24 bits per heavy atom. The molecular weight excluding hydrogens is 448 g/mol. The molecule has 0 aromatic heterocycles. The smallest absolute Gasteiger partial charge is 0.357 e. The van der Waals surface area contributed by atoms with Crippen LogP contribution in [0.3, 0.4) is 0 Å². The summed E-state index contributed by atoms with van der Waals surface area (Å²) < 4.78 is 36.9. The molecule has 9 heteroatoms. The first-order valence-electron chi connectivity index (χ1n) is 8.19. The highest BCUT2D eigenvalue weighted by Gasteiger charge is 2.31. The molecule has 1 amide bonds. The number of hydrogen-bond acceptors (Lipinski definition) is 2. The molecule has 0 saturated heterocycles. The molecule has 0 aromatic carbocycles. The van der Waals surface area contributed by atoms with Crippen LogP contribution >= 0.6 is 24.0 Å². The number of amides is 1. The Bertz CT molecular complexity index is 423. The summed E-state index contributed by atoms with van der Waals surface area (Å²) in [5.74, 6) is -0.237. The minimum absolute atomic E-state index is 0. The van der Waals surface area contributed by atoms with Crippen molar-refractivity contribution in [2.24, 2.45) is 10.4 Å². The first-order valence-corrected chi connectivity index (χ1v) is 8.19. The number of carbonyl (C=O) groups is 1. The summed E-state index contributed by atoms with van der Waals surface area (Å²) in [6, 6.07) is 0.144. The van der Waals surface area contributed by atoms with Gasteiger partial charge in [0.1, 0.15) is 13.1 Å². The highest BCUT2D eigenvalue weighted by molar-refractivity contribution is 14.0. The molecule has 150 valence electrons. The number of aliphatic imine (C=N–C) groups is 1. The standard InChI is InChI=1S/C16H31F3N4O.HI/c1-7-20-14(22-12(2)8-9-15(3,4)5)21-10-13(24)23(6)11-16(17,18)19;/h12H,7-11H2,1-6H3,(H2,20,21,22);1H. The Labute approximate surface area is 166 Å². The Morgan fingerprint density at radius 2 is 1.80 bits per heavy atom. The van der Waals surface area contributed by atoms with Crippen LogP contribution in [-0.2, 0) is 4.79 Å². The second-order valence-electron chi connectivity index (χ2n) is 7.20. The molecule has 1 unspecified atom stereocenters. The maximum atomic E-state index is 12.3. The number of hydrogen-bond donors (Lipinski definition) is 2. The minimum Gasteiger partial charge on any atom is -0.357 e. The van der Waals surface area contributed by atoms with E-state index in [1.165, 1.54) is 0 Å². The van der Waals surface area contributed by atoms with Crippen LogP contribution < -0.4 is 10.6 Å². The highest BCUT2D eigenvalue weighted by Crippen LogP contribution is 2.21. The van der Waals surface area contributed by atoms with Crippen LogP contribution in [0.2, 0.25) is 0 Å². The largest absolute Gasteiger partial charge is 0.406 e. The Hall–Kier alpha value is -0.740. The fourth-order valence-corrected chi connectivity index (χ4v) is 1.90. The Balaban J connectivity index is 0. The number of halogens is 4. The number of nitrogens with zero attached hydrogens (tertiary/aromatic N) is 2. The van der Waals surface area contributed by atoms with Crippen molar-refractivity contribution in [3.63, 3.8) is 0 Å². The molecule has 0 fully saturated rings. The van der Waals surface area contributed by atoms with Crippen LogP contribution in [0.25, 0.3) is 0 Å². The molecule has 0 heterocycles. The van der Waals surface area contributed by atoms with Crippen LogP contribution in [0, 0.1) is 5.41 Å². The average Bonchev–Trinajstić information content (AvgIpc) is 2.39. The van der Waals surface area contributed by atoms with Crippen molar-refractivity contribution in [2.45, 2.75) is 59.7 Å². The first kappa shape index (κ1) is 26.5. The third kappa shape index (κ3) is 15.2. The van der Waals surface area contributed by atoms with Crippen LogP contribution in [0.15, 0.2) is 4.99 Å². The van der Waals surface area contributed by atoms with E-state index < -0.39 is 18.6 Å². The average molecular weight is 480 g/mol. The summed E-state index contributed by atoms with van der Waals surface area (Å²) in [5.41, 5.74) is 0.224. The van der Waals surface area contributed by atoms with E-state index in [9.17, 15) is 18.0 Å². The van der Waals surface area contributed by atoms with Crippen molar-refractivity contribution in [1.82, 2.24) is 15.5 Å². The van der Waals surface area contributed by atoms with Crippen molar-refractivity contribution < 1.29 is 18.0 Å². The summed E-state index contributed by atoms with van der Waals surface area (Å²) in [6.45, 7) is 9.38. The number of guanidine groups is 1. The van der Waals surface area contributed by atoms with Crippen LogP contribution in [-0.4, -0.2) is 55.7 Å². The van der Waals surface area contributed by atoms with Gasteiger partial charge in [0.25, 0.3) is 0 Å². The lowest BCUT2D eigenvalue weighted by Crippen LogP contribution is -2.43.